The molecular weight excluding hydrogens is 586 g/mol. The Kier molecular flexibility index (Phi) is 11.7. The maximum Gasteiger partial charge on any atom is 0.322 e. The molecule has 0 unspecified atom stereocenters. The molecule has 3 aromatic carbocycles. The molecule has 0 aromatic heterocycles. The maximum atomic E-state index is 14.1. The first kappa shape index (κ1) is 32.8. The van der Waals surface area contributed by atoms with Crippen molar-refractivity contribution in [2.45, 2.75) is 31.8 Å². The van der Waals surface area contributed by atoms with Crippen LogP contribution in [0.2, 0.25) is 0 Å². The largest absolute Gasteiger partial charge is 0.457 e. The number of piperidine rings is 1. The molecule has 0 spiro atoms. The molecule has 4 rings (SSSR count). The molecule has 2 amide bonds. The Labute approximate surface area is 251 Å². The van der Waals surface area contributed by atoms with Crippen molar-refractivity contribution >= 4 is 39.8 Å². The first-order chi connectivity index (χ1) is 19.6. The fourth-order valence-electron chi connectivity index (χ4n) is 4.71. The highest BCUT2D eigenvalue weighted by Crippen LogP contribution is 2.25. The monoisotopic (exact) mass is 620 g/mol. The number of carbonyl (C=O) groups is 1. The van der Waals surface area contributed by atoms with Gasteiger partial charge in [-0.15, -0.1) is 19.0 Å². The molecule has 0 saturated carbocycles. The summed E-state index contributed by atoms with van der Waals surface area (Å²) in [5.74, 6) is -0.258. The van der Waals surface area contributed by atoms with Crippen LogP contribution in [0.15, 0.2) is 79.4 Å². The van der Waals surface area contributed by atoms with Crippen molar-refractivity contribution in [3.8, 4) is 11.5 Å². The highest BCUT2D eigenvalue weighted by molar-refractivity contribution is 7.92. The minimum absolute atomic E-state index is 0. The summed E-state index contributed by atoms with van der Waals surface area (Å²) in [5, 5.41) is 2.59. The molecule has 226 valence electrons. The number of likely N-dealkylation sites (tertiary alicyclic amines) is 1. The molecule has 0 bridgehead atoms. The van der Waals surface area contributed by atoms with Gasteiger partial charge in [0.2, 0.25) is 10.0 Å². The molecule has 3 aromatic rings. The second-order valence-electron chi connectivity index (χ2n) is 9.98. The number of nitrogens with zero attached hydrogens (tertiary/aromatic N) is 2. The van der Waals surface area contributed by atoms with E-state index in [0.717, 1.165) is 56.4 Å². The Bertz CT molecular complexity index is 1450. The van der Waals surface area contributed by atoms with Crippen molar-refractivity contribution < 1.29 is 26.7 Å². The molecular formula is C30H35ClF2N4O4S. The van der Waals surface area contributed by atoms with E-state index in [9.17, 15) is 22.0 Å². The summed E-state index contributed by atoms with van der Waals surface area (Å²) in [4.78, 5) is 17.1. The topological polar surface area (TPSA) is 91.0 Å². The van der Waals surface area contributed by atoms with Gasteiger partial charge in [-0.1, -0.05) is 18.2 Å². The van der Waals surface area contributed by atoms with E-state index in [0.29, 0.717) is 30.2 Å². The number of amides is 2. The third-order valence-electron chi connectivity index (χ3n) is 6.73. The number of benzene rings is 3. The summed E-state index contributed by atoms with van der Waals surface area (Å²) in [7, 11) is -3.34. The number of rotatable bonds is 11. The van der Waals surface area contributed by atoms with E-state index in [-0.39, 0.29) is 24.1 Å². The van der Waals surface area contributed by atoms with Crippen LogP contribution in [0.5, 0.6) is 11.5 Å². The first-order valence-corrected chi connectivity index (χ1v) is 15.2. The van der Waals surface area contributed by atoms with Crippen molar-refractivity contribution in [3.05, 3.63) is 96.6 Å². The predicted molar refractivity (Wildman–Crippen MR) is 164 cm³/mol. The van der Waals surface area contributed by atoms with Crippen LogP contribution in [-0.2, 0) is 16.6 Å². The van der Waals surface area contributed by atoms with E-state index >= 15 is 0 Å². The van der Waals surface area contributed by atoms with Gasteiger partial charge in [-0.25, -0.2) is 22.0 Å². The van der Waals surface area contributed by atoms with Gasteiger partial charge in [0.25, 0.3) is 0 Å². The number of urea groups is 1. The van der Waals surface area contributed by atoms with Gasteiger partial charge in [0.05, 0.1) is 11.9 Å². The lowest BCUT2D eigenvalue weighted by atomic mass is 10.0. The zero-order valence-electron chi connectivity index (χ0n) is 23.3. The smallest absolute Gasteiger partial charge is 0.322 e. The minimum atomic E-state index is -3.34. The molecule has 1 fully saturated rings. The molecule has 0 atom stereocenters. The van der Waals surface area contributed by atoms with E-state index < -0.39 is 27.7 Å². The summed E-state index contributed by atoms with van der Waals surface area (Å²) in [5.41, 5.74) is 1.53. The number of anilines is 2. The van der Waals surface area contributed by atoms with Gasteiger partial charge in [-0.2, -0.15) is 0 Å². The number of sulfonamides is 1. The molecule has 8 nitrogen and oxygen atoms in total. The van der Waals surface area contributed by atoms with Crippen LogP contribution in [0.3, 0.4) is 0 Å². The van der Waals surface area contributed by atoms with E-state index in [2.05, 4.69) is 21.5 Å². The van der Waals surface area contributed by atoms with Crippen LogP contribution in [0, 0.1) is 11.6 Å². The summed E-state index contributed by atoms with van der Waals surface area (Å²) < 4.78 is 58.4. The lowest BCUT2D eigenvalue weighted by Gasteiger charge is -2.38. The Morgan fingerprint density at radius 1 is 1.05 bits per heavy atom. The van der Waals surface area contributed by atoms with Gasteiger partial charge < -0.3 is 15.0 Å². The first-order valence-electron chi connectivity index (χ1n) is 13.3. The summed E-state index contributed by atoms with van der Waals surface area (Å²) in [6, 6.07) is 17.1. The maximum absolute atomic E-state index is 14.1. The fourth-order valence-corrected chi connectivity index (χ4v) is 5.27. The number of carbonyl (C=O) groups excluding carboxylic acids is 1. The molecule has 0 aliphatic carbocycles. The van der Waals surface area contributed by atoms with Gasteiger partial charge in [-0.05, 0) is 73.4 Å². The number of halogens is 3. The number of ether oxygens (including phenoxy) is 1. The highest BCUT2D eigenvalue weighted by Gasteiger charge is 2.28. The second-order valence-corrected chi connectivity index (χ2v) is 11.7. The lowest BCUT2D eigenvalue weighted by Crippen LogP contribution is -2.49. The number of nitrogens with one attached hydrogen (secondary N) is 2. The average molecular weight is 621 g/mol. The molecule has 1 aliphatic rings. The van der Waals surface area contributed by atoms with Crippen LogP contribution in [0.4, 0.5) is 25.0 Å². The molecule has 1 aliphatic heterocycles. The van der Waals surface area contributed by atoms with Crippen molar-refractivity contribution in [2.24, 2.45) is 0 Å². The second kappa shape index (κ2) is 15.0. The van der Waals surface area contributed by atoms with Crippen molar-refractivity contribution in [2.75, 3.05) is 35.9 Å². The zero-order chi connectivity index (χ0) is 29.4. The van der Waals surface area contributed by atoms with Crippen molar-refractivity contribution in [1.82, 2.24) is 9.80 Å². The van der Waals surface area contributed by atoms with Gasteiger partial charge in [-0.3, -0.25) is 9.62 Å². The molecule has 1 heterocycles. The predicted octanol–water partition coefficient (Wildman–Crippen LogP) is 6.63. The van der Waals surface area contributed by atoms with E-state index in [1.807, 2.05) is 24.3 Å². The number of hydrogen-bond acceptors (Lipinski definition) is 5. The third-order valence-corrected chi connectivity index (χ3v) is 7.33. The normalized spacial score (nSPS) is 14.0. The minimum Gasteiger partial charge on any atom is -0.457 e. The molecule has 2 N–H and O–H groups in total. The Balaban J connectivity index is 0.00000484. The highest BCUT2D eigenvalue weighted by atomic mass is 35.5. The Morgan fingerprint density at radius 2 is 1.67 bits per heavy atom. The number of hydrogen-bond donors (Lipinski definition) is 2. The third kappa shape index (κ3) is 9.71. The Hall–Kier alpha value is -3.67. The Morgan fingerprint density at radius 3 is 2.24 bits per heavy atom. The van der Waals surface area contributed by atoms with Gasteiger partial charge in [0.15, 0.2) is 0 Å². The zero-order valence-corrected chi connectivity index (χ0v) is 24.9. The molecule has 0 radical (unpaired) electrons. The fraction of sp³-hybridized carbons (Fsp3) is 0.300. The van der Waals surface area contributed by atoms with Crippen LogP contribution in [-0.4, -0.2) is 56.2 Å². The molecule has 1 saturated heterocycles. The van der Waals surface area contributed by atoms with Gasteiger partial charge in [0.1, 0.15) is 23.1 Å². The van der Waals surface area contributed by atoms with Crippen LogP contribution in [0.1, 0.15) is 24.8 Å². The lowest BCUT2D eigenvalue weighted by molar-refractivity contribution is 0.124. The van der Waals surface area contributed by atoms with Crippen molar-refractivity contribution in [1.29, 1.82) is 0 Å². The van der Waals surface area contributed by atoms with Gasteiger partial charge >= 0.3 is 6.03 Å². The van der Waals surface area contributed by atoms with Crippen LogP contribution in [0.25, 0.3) is 0 Å². The van der Waals surface area contributed by atoms with E-state index in [4.69, 9.17) is 4.74 Å². The van der Waals surface area contributed by atoms with Crippen LogP contribution < -0.4 is 14.8 Å². The molecule has 42 heavy (non-hydrogen) atoms. The van der Waals surface area contributed by atoms with E-state index in [1.54, 1.807) is 35.2 Å². The quantitative estimate of drug-likeness (QED) is 0.235. The average Bonchev–Trinajstić information content (AvgIpc) is 2.93. The van der Waals surface area contributed by atoms with E-state index in [1.165, 1.54) is 6.07 Å². The molecule has 12 heteroatoms. The van der Waals surface area contributed by atoms with Gasteiger partial charge in [0, 0.05) is 44.0 Å². The summed E-state index contributed by atoms with van der Waals surface area (Å²) >= 11 is 0. The SMILES string of the molecule is C=CCCN(C(=O)Nc1ccc(F)cc1F)C1CCN(Cc2ccc(Oc3ccc(NS(C)(=O)=O)cc3)cc2)CC1.Cl. The summed E-state index contributed by atoms with van der Waals surface area (Å²) in [6.07, 6.45) is 4.98. The van der Waals surface area contributed by atoms with Crippen LogP contribution >= 0.6 is 12.4 Å². The summed E-state index contributed by atoms with van der Waals surface area (Å²) in [6.45, 7) is 6.54. The van der Waals surface area contributed by atoms with Crippen molar-refractivity contribution in [3.63, 3.8) is 0 Å². The standard InChI is InChI=1S/C30H34F2N4O4S.ClH/c1-3-4-17-36(30(37)33-29-14-7-23(31)20-28(29)32)25-15-18-35(19-16-25)21-22-5-10-26(11-6-22)40-27-12-8-24(9-13-27)34-41(2,38)39;/h3,5-14,20,25,34H,1,4,15-19,21H2,2H3,(H,33,37);1H.